The molecule has 0 spiro atoms. The number of aromatic nitrogens is 2. The third kappa shape index (κ3) is 5.77. The van der Waals surface area contributed by atoms with Crippen molar-refractivity contribution in [1.29, 1.82) is 0 Å². The molecule has 0 saturated heterocycles. The van der Waals surface area contributed by atoms with Crippen LogP contribution in [-0.4, -0.2) is 33.0 Å². The number of nitrogens with zero attached hydrogens (tertiary/aromatic N) is 2. The number of ether oxygens (including phenoxy) is 1. The van der Waals surface area contributed by atoms with Gasteiger partial charge in [-0.2, -0.15) is 4.39 Å². The normalized spacial score (nSPS) is 12.3. The van der Waals surface area contributed by atoms with Gasteiger partial charge in [0.2, 0.25) is 5.95 Å². The minimum atomic E-state index is -0.395. The van der Waals surface area contributed by atoms with Crippen molar-refractivity contribution in [1.82, 2.24) is 9.38 Å². The monoisotopic (exact) mass is 508 g/mol. The molecule has 0 radical (unpaired) electrons. The Balaban J connectivity index is 1.47. The first kappa shape index (κ1) is 25.9. The summed E-state index contributed by atoms with van der Waals surface area (Å²) in [6, 6.07) is 16.3. The van der Waals surface area contributed by atoms with Crippen molar-refractivity contribution < 1.29 is 19.0 Å². The van der Waals surface area contributed by atoms with Gasteiger partial charge < -0.3 is 9.84 Å². The number of rotatable bonds is 10. The predicted molar refractivity (Wildman–Crippen MR) is 140 cm³/mol. The van der Waals surface area contributed by atoms with Crippen molar-refractivity contribution >= 4 is 23.0 Å². The number of imidazole rings is 1. The second-order valence-electron chi connectivity index (χ2n) is 9.35. The molecule has 0 fully saturated rings. The number of hydrogen-bond acceptors (Lipinski definition) is 4. The van der Waals surface area contributed by atoms with E-state index in [0.29, 0.717) is 46.1 Å². The van der Waals surface area contributed by atoms with Gasteiger partial charge in [-0.05, 0) is 74.9 Å². The highest BCUT2D eigenvalue weighted by atomic mass is 35.5. The Morgan fingerprint density at radius 2 is 1.92 bits per heavy atom. The molecule has 0 aliphatic rings. The SMILES string of the molecule is Cc1cccn2c(F)c(-c3ccc(C[C@@H](CCO)CC(=O)c4ccc(OC(C)C)c(Cl)c4)cc3)nc12. The number of aliphatic hydroxyl groups excluding tert-OH is 1. The van der Waals surface area contributed by atoms with Gasteiger partial charge in [-0.1, -0.05) is 41.9 Å². The third-order valence-electron chi connectivity index (χ3n) is 6.17. The lowest BCUT2D eigenvalue weighted by atomic mass is 9.89. The summed E-state index contributed by atoms with van der Waals surface area (Å²) in [5.41, 5.74) is 4.02. The average Bonchev–Trinajstić information content (AvgIpc) is 3.18. The molecule has 188 valence electrons. The molecule has 0 amide bonds. The Bertz CT molecular complexity index is 1370. The van der Waals surface area contributed by atoms with Crippen molar-refractivity contribution in [2.45, 2.75) is 46.1 Å². The van der Waals surface area contributed by atoms with Crippen molar-refractivity contribution in [2.24, 2.45) is 5.92 Å². The summed E-state index contributed by atoms with van der Waals surface area (Å²) in [7, 11) is 0. The highest BCUT2D eigenvalue weighted by molar-refractivity contribution is 6.32. The van der Waals surface area contributed by atoms with Crippen LogP contribution in [0.4, 0.5) is 4.39 Å². The van der Waals surface area contributed by atoms with E-state index in [4.69, 9.17) is 16.3 Å². The highest BCUT2D eigenvalue weighted by Gasteiger charge is 2.19. The number of benzene rings is 2. The van der Waals surface area contributed by atoms with Crippen LogP contribution in [0.5, 0.6) is 5.75 Å². The molecule has 0 saturated carbocycles. The van der Waals surface area contributed by atoms with E-state index in [9.17, 15) is 14.3 Å². The van der Waals surface area contributed by atoms with E-state index in [1.807, 2.05) is 51.1 Å². The molecule has 2 aromatic heterocycles. The number of carbonyl (C=O) groups excluding carboxylic acids is 1. The number of ketones is 1. The molecular weight excluding hydrogens is 479 g/mol. The summed E-state index contributed by atoms with van der Waals surface area (Å²) in [6.07, 6.45) is 3.04. The Hall–Kier alpha value is -3.22. The Labute approximate surface area is 215 Å². The average molecular weight is 509 g/mol. The fraction of sp³-hybridized carbons (Fsp3) is 0.310. The van der Waals surface area contributed by atoms with Crippen LogP contribution in [0.15, 0.2) is 60.8 Å². The zero-order chi connectivity index (χ0) is 25.8. The number of hydrogen-bond donors (Lipinski definition) is 1. The van der Waals surface area contributed by atoms with Gasteiger partial charge in [0.25, 0.3) is 0 Å². The minimum Gasteiger partial charge on any atom is -0.489 e. The molecule has 0 unspecified atom stereocenters. The van der Waals surface area contributed by atoms with Crippen molar-refractivity contribution in [3.63, 3.8) is 0 Å². The van der Waals surface area contributed by atoms with Gasteiger partial charge >= 0.3 is 0 Å². The Morgan fingerprint density at radius 1 is 1.17 bits per heavy atom. The summed E-state index contributed by atoms with van der Waals surface area (Å²) in [4.78, 5) is 17.5. The standard InChI is InChI=1S/C29H30ClFN2O3/c1-18(2)36-26-11-10-23(17-24(26)30)25(35)16-21(12-14-34)15-20-6-8-22(9-7-20)27-28(31)33-13-4-5-19(3)29(33)32-27/h4-11,13,17-18,21,34H,12,14-16H2,1-3H3/t21-/m1/s1. The highest BCUT2D eigenvalue weighted by Crippen LogP contribution is 2.29. The van der Waals surface area contributed by atoms with Crippen LogP contribution in [0, 0.1) is 18.8 Å². The van der Waals surface area contributed by atoms with Gasteiger partial charge in [0, 0.05) is 30.4 Å². The molecule has 4 aromatic rings. The molecular formula is C29H30ClFN2O3. The van der Waals surface area contributed by atoms with E-state index >= 15 is 0 Å². The Kier molecular flexibility index (Phi) is 8.07. The van der Waals surface area contributed by atoms with E-state index < -0.39 is 5.95 Å². The zero-order valence-electron chi connectivity index (χ0n) is 20.7. The van der Waals surface area contributed by atoms with Crippen LogP contribution < -0.4 is 4.74 Å². The molecule has 2 aromatic carbocycles. The maximum atomic E-state index is 14.9. The quantitative estimate of drug-likeness (QED) is 0.242. The van der Waals surface area contributed by atoms with E-state index in [1.54, 1.807) is 30.5 Å². The van der Waals surface area contributed by atoms with Crippen molar-refractivity contribution in [3.8, 4) is 17.0 Å². The summed E-state index contributed by atoms with van der Waals surface area (Å²) in [5.74, 6) is 0.0691. The molecule has 1 atom stereocenters. The molecule has 1 N–H and O–H groups in total. The van der Waals surface area contributed by atoms with Gasteiger partial charge in [-0.25, -0.2) is 4.98 Å². The first-order chi connectivity index (χ1) is 17.3. The Morgan fingerprint density at radius 3 is 2.56 bits per heavy atom. The number of carbonyl (C=O) groups is 1. The third-order valence-corrected chi connectivity index (χ3v) is 6.46. The summed E-state index contributed by atoms with van der Waals surface area (Å²) in [6.45, 7) is 5.72. The lowest BCUT2D eigenvalue weighted by Crippen LogP contribution is -2.13. The summed E-state index contributed by atoms with van der Waals surface area (Å²) < 4.78 is 22.0. The van der Waals surface area contributed by atoms with Gasteiger partial charge in [0.1, 0.15) is 17.1 Å². The van der Waals surface area contributed by atoms with Crippen LogP contribution in [0.3, 0.4) is 0 Å². The number of halogens is 2. The molecule has 0 aliphatic heterocycles. The van der Waals surface area contributed by atoms with Crippen LogP contribution in [0.25, 0.3) is 16.9 Å². The fourth-order valence-corrected chi connectivity index (χ4v) is 4.58. The summed E-state index contributed by atoms with van der Waals surface area (Å²) >= 11 is 6.31. The van der Waals surface area contributed by atoms with Crippen LogP contribution in [0.1, 0.15) is 48.2 Å². The number of fused-ring (bicyclic) bond motifs is 1. The second kappa shape index (κ2) is 11.2. The lowest BCUT2D eigenvalue weighted by molar-refractivity contribution is 0.0953. The van der Waals surface area contributed by atoms with Gasteiger partial charge in [0.05, 0.1) is 11.1 Å². The predicted octanol–water partition coefficient (Wildman–Crippen LogP) is 6.70. The first-order valence-corrected chi connectivity index (χ1v) is 12.5. The number of pyridine rings is 1. The van der Waals surface area contributed by atoms with Gasteiger partial charge in [0.15, 0.2) is 5.78 Å². The zero-order valence-corrected chi connectivity index (χ0v) is 21.4. The van der Waals surface area contributed by atoms with E-state index in [-0.39, 0.29) is 30.8 Å². The van der Waals surface area contributed by atoms with Gasteiger partial charge in [-0.3, -0.25) is 9.20 Å². The minimum absolute atomic E-state index is 0.0102. The number of aliphatic hydroxyl groups is 1. The van der Waals surface area contributed by atoms with Crippen LogP contribution in [0.2, 0.25) is 5.02 Å². The molecule has 7 heteroatoms. The van der Waals surface area contributed by atoms with Gasteiger partial charge in [-0.15, -0.1) is 0 Å². The second-order valence-corrected chi connectivity index (χ2v) is 9.76. The van der Waals surface area contributed by atoms with E-state index in [2.05, 4.69) is 4.98 Å². The maximum absolute atomic E-state index is 14.9. The molecule has 36 heavy (non-hydrogen) atoms. The number of Topliss-reactive ketones (excluding diaryl/α,β-unsaturated/α-hetero) is 1. The maximum Gasteiger partial charge on any atom is 0.226 e. The van der Waals surface area contributed by atoms with Crippen molar-refractivity contribution in [3.05, 3.63) is 88.5 Å². The van der Waals surface area contributed by atoms with Crippen LogP contribution in [-0.2, 0) is 6.42 Å². The van der Waals surface area contributed by atoms with Crippen LogP contribution >= 0.6 is 11.6 Å². The molecule has 2 heterocycles. The topological polar surface area (TPSA) is 63.8 Å². The molecule has 0 bridgehead atoms. The van der Waals surface area contributed by atoms with E-state index in [0.717, 1.165) is 11.1 Å². The smallest absolute Gasteiger partial charge is 0.226 e. The lowest BCUT2D eigenvalue weighted by Gasteiger charge is -2.16. The largest absolute Gasteiger partial charge is 0.489 e. The molecule has 0 aliphatic carbocycles. The fourth-order valence-electron chi connectivity index (χ4n) is 4.35. The first-order valence-electron chi connectivity index (χ1n) is 12.1. The number of aryl methyl sites for hydroxylation is 1. The molecule has 4 rings (SSSR count). The van der Waals surface area contributed by atoms with E-state index in [1.165, 1.54) is 4.40 Å². The molecule has 5 nitrogen and oxygen atoms in total. The van der Waals surface area contributed by atoms with Crippen molar-refractivity contribution in [2.75, 3.05) is 6.61 Å². The summed E-state index contributed by atoms with van der Waals surface area (Å²) in [5, 5.41) is 9.98.